The Hall–Kier alpha value is -2.40. The predicted molar refractivity (Wildman–Crippen MR) is 97.9 cm³/mol. The lowest BCUT2D eigenvalue weighted by Gasteiger charge is -2.06. The number of hydrogen-bond acceptors (Lipinski definition) is 3. The van der Waals surface area contributed by atoms with Gasteiger partial charge in [-0.05, 0) is 44.5 Å². The van der Waals surface area contributed by atoms with Gasteiger partial charge < -0.3 is 9.30 Å². The van der Waals surface area contributed by atoms with Crippen molar-refractivity contribution in [3.05, 3.63) is 57.9 Å². The molecule has 0 fully saturated rings. The minimum Gasteiger partial charge on any atom is -0.495 e. The van der Waals surface area contributed by atoms with Crippen LogP contribution in [-0.4, -0.2) is 17.6 Å². The lowest BCUT2D eigenvalue weighted by molar-refractivity contribution is 0.0997. The number of aryl methyl sites for hydroxylation is 3. The van der Waals surface area contributed by atoms with Gasteiger partial charge in [0.15, 0.2) is 4.80 Å². The zero-order valence-corrected chi connectivity index (χ0v) is 15.1. The summed E-state index contributed by atoms with van der Waals surface area (Å²) in [7, 11) is 1.66. The molecule has 5 heteroatoms. The molecule has 1 heterocycles. The first-order chi connectivity index (χ1) is 11.5. The SMILES string of the molecule is CCn1c(=NC(=O)c2cc(C)ccc2C)sc2cccc(OC)c21. The van der Waals surface area contributed by atoms with Crippen molar-refractivity contribution in [1.29, 1.82) is 0 Å². The van der Waals surface area contributed by atoms with Crippen LogP contribution in [0.5, 0.6) is 5.75 Å². The summed E-state index contributed by atoms with van der Waals surface area (Å²) in [5.74, 6) is 0.593. The molecule has 1 amide bonds. The number of carbonyl (C=O) groups is 1. The van der Waals surface area contributed by atoms with E-state index in [2.05, 4.69) is 4.99 Å². The average Bonchev–Trinajstić information content (AvgIpc) is 2.93. The monoisotopic (exact) mass is 340 g/mol. The van der Waals surface area contributed by atoms with E-state index in [1.54, 1.807) is 7.11 Å². The van der Waals surface area contributed by atoms with E-state index in [1.807, 2.05) is 61.7 Å². The average molecular weight is 340 g/mol. The molecule has 0 bridgehead atoms. The van der Waals surface area contributed by atoms with E-state index < -0.39 is 0 Å². The molecule has 0 aliphatic heterocycles. The van der Waals surface area contributed by atoms with Gasteiger partial charge in [-0.1, -0.05) is 35.1 Å². The number of nitrogens with zero attached hydrogens (tertiary/aromatic N) is 2. The first kappa shape index (κ1) is 16.5. The quantitative estimate of drug-likeness (QED) is 0.721. The van der Waals surface area contributed by atoms with Gasteiger partial charge in [-0.3, -0.25) is 4.79 Å². The van der Waals surface area contributed by atoms with Crippen LogP contribution in [0.1, 0.15) is 28.4 Å². The van der Waals surface area contributed by atoms with Crippen molar-refractivity contribution in [3.8, 4) is 5.75 Å². The Morgan fingerprint density at radius 2 is 2.04 bits per heavy atom. The highest BCUT2D eigenvalue weighted by atomic mass is 32.1. The summed E-state index contributed by atoms with van der Waals surface area (Å²) < 4.78 is 8.56. The molecule has 0 saturated carbocycles. The molecule has 0 saturated heterocycles. The van der Waals surface area contributed by atoms with Crippen LogP contribution in [-0.2, 0) is 6.54 Å². The lowest BCUT2D eigenvalue weighted by atomic mass is 10.1. The zero-order chi connectivity index (χ0) is 17.3. The Balaban J connectivity index is 2.20. The van der Waals surface area contributed by atoms with Crippen molar-refractivity contribution in [2.45, 2.75) is 27.3 Å². The third-order valence-electron chi connectivity index (χ3n) is 4.02. The summed E-state index contributed by atoms with van der Waals surface area (Å²) >= 11 is 1.51. The molecule has 1 aromatic heterocycles. The summed E-state index contributed by atoms with van der Waals surface area (Å²) in [5.41, 5.74) is 3.64. The Kier molecular flexibility index (Phi) is 4.53. The molecule has 0 aliphatic rings. The number of rotatable bonds is 3. The van der Waals surface area contributed by atoms with Crippen molar-refractivity contribution in [1.82, 2.24) is 4.57 Å². The molecule has 0 spiro atoms. The van der Waals surface area contributed by atoms with Gasteiger partial charge in [-0.25, -0.2) is 0 Å². The lowest BCUT2D eigenvalue weighted by Crippen LogP contribution is -2.16. The number of ether oxygens (including phenoxy) is 1. The summed E-state index contributed by atoms with van der Waals surface area (Å²) in [6, 6.07) is 11.8. The van der Waals surface area contributed by atoms with Crippen LogP contribution in [0, 0.1) is 13.8 Å². The topological polar surface area (TPSA) is 43.6 Å². The number of aromatic nitrogens is 1. The third kappa shape index (κ3) is 2.87. The maximum Gasteiger partial charge on any atom is 0.279 e. The molecule has 124 valence electrons. The molecular weight excluding hydrogens is 320 g/mol. The van der Waals surface area contributed by atoms with Crippen molar-refractivity contribution < 1.29 is 9.53 Å². The first-order valence-electron chi connectivity index (χ1n) is 7.87. The molecule has 2 aromatic carbocycles. The minimum atomic E-state index is -0.205. The Morgan fingerprint density at radius 3 is 2.75 bits per heavy atom. The Labute approximate surface area is 145 Å². The van der Waals surface area contributed by atoms with Crippen LogP contribution < -0.4 is 9.54 Å². The van der Waals surface area contributed by atoms with E-state index in [0.717, 1.165) is 33.6 Å². The van der Waals surface area contributed by atoms with Gasteiger partial charge in [0.05, 0.1) is 11.8 Å². The third-order valence-corrected chi connectivity index (χ3v) is 5.06. The van der Waals surface area contributed by atoms with Gasteiger partial charge in [-0.2, -0.15) is 4.99 Å². The molecule has 3 aromatic rings. The molecule has 24 heavy (non-hydrogen) atoms. The van der Waals surface area contributed by atoms with E-state index in [0.29, 0.717) is 10.4 Å². The van der Waals surface area contributed by atoms with Crippen LogP contribution in [0.25, 0.3) is 10.2 Å². The van der Waals surface area contributed by atoms with Gasteiger partial charge in [0.25, 0.3) is 5.91 Å². The number of methoxy groups -OCH3 is 1. The highest BCUT2D eigenvalue weighted by Crippen LogP contribution is 2.27. The fourth-order valence-electron chi connectivity index (χ4n) is 2.75. The number of benzene rings is 2. The summed E-state index contributed by atoms with van der Waals surface area (Å²) in [6.45, 7) is 6.68. The number of hydrogen-bond donors (Lipinski definition) is 0. The molecule has 0 atom stereocenters. The fraction of sp³-hybridized carbons (Fsp3) is 0.263. The van der Waals surface area contributed by atoms with E-state index in [-0.39, 0.29) is 5.91 Å². The second-order valence-electron chi connectivity index (χ2n) is 5.67. The maximum atomic E-state index is 12.7. The minimum absolute atomic E-state index is 0.205. The summed E-state index contributed by atoms with van der Waals surface area (Å²) in [6.07, 6.45) is 0. The van der Waals surface area contributed by atoms with Crippen molar-refractivity contribution in [2.75, 3.05) is 7.11 Å². The maximum absolute atomic E-state index is 12.7. The van der Waals surface area contributed by atoms with Crippen LogP contribution in [0.3, 0.4) is 0 Å². The molecule has 0 radical (unpaired) electrons. The number of carbonyl (C=O) groups excluding carboxylic acids is 1. The molecule has 3 rings (SSSR count). The largest absolute Gasteiger partial charge is 0.495 e. The van der Waals surface area contributed by atoms with E-state index >= 15 is 0 Å². The van der Waals surface area contributed by atoms with Gasteiger partial charge >= 0.3 is 0 Å². The number of fused-ring (bicyclic) bond motifs is 1. The normalized spacial score (nSPS) is 11.9. The van der Waals surface area contributed by atoms with Crippen LogP contribution in [0.15, 0.2) is 41.4 Å². The van der Waals surface area contributed by atoms with Crippen LogP contribution >= 0.6 is 11.3 Å². The second-order valence-corrected chi connectivity index (χ2v) is 6.68. The molecular formula is C19H20N2O2S. The van der Waals surface area contributed by atoms with Gasteiger partial charge in [-0.15, -0.1) is 0 Å². The van der Waals surface area contributed by atoms with E-state index in [9.17, 15) is 4.79 Å². The standard InChI is InChI=1S/C19H20N2O2S/c1-5-21-17-15(23-4)7-6-8-16(17)24-19(21)20-18(22)14-11-12(2)9-10-13(14)3/h6-11H,5H2,1-4H3. The molecule has 0 unspecified atom stereocenters. The highest BCUT2D eigenvalue weighted by Gasteiger charge is 2.13. The van der Waals surface area contributed by atoms with Gasteiger partial charge in [0.2, 0.25) is 0 Å². The van der Waals surface area contributed by atoms with Crippen LogP contribution in [0.2, 0.25) is 0 Å². The Bertz CT molecular complexity index is 983. The first-order valence-corrected chi connectivity index (χ1v) is 8.69. The van der Waals surface area contributed by atoms with Crippen molar-refractivity contribution in [3.63, 3.8) is 0 Å². The summed E-state index contributed by atoms with van der Waals surface area (Å²) in [5, 5.41) is 0. The van der Waals surface area contributed by atoms with E-state index in [1.165, 1.54) is 11.3 Å². The number of thiazole rings is 1. The van der Waals surface area contributed by atoms with Crippen molar-refractivity contribution in [2.24, 2.45) is 4.99 Å². The molecule has 4 nitrogen and oxygen atoms in total. The predicted octanol–water partition coefficient (Wildman–Crippen LogP) is 4.09. The van der Waals surface area contributed by atoms with Gasteiger partial charge in [0.1, 0.15) is 11.3 Å². The smallest absolute Gasteiger partial charge is 0.279 e. The summed E-state index contributed by atoms with van der Waals surface area (Å²) in [4.78, 5) is 17.8. The zero-order valence-electron chi connectivity index (χ0n) is 14.3. The van der Waals surface area contributed by atoms with Gasteiger partial charge in [0, 0.05) is 12.1 Å². The molecule has 0 aliphatic carbocycles. The molecule has 0 N–H and O–H groups in total. The number of amides is 1. The second kappa shape index (κ2) is 6.61. The number of para-hydroxylation sites is 1. The Morgan fingerprint density at radius 1 is 1.25 bits per heavy atom. The highest BCUT2D eigenvalue weighted by molar-refractivity contribution is 7.16. The van der Waals surface area contributed by atoms with Crippen molar-refractivity contribution >= 4 is 27.5 Å². The van der Waals surface area contributed by atoms with E-state index in [4.69, 9.17) is 4.74 Å². The van der Waals surface area contributed by atoms with Crippen LogP contribution in [0.4, 0.5) is 0 Å². The fourth-order valence-corrected chi connectivity index (χ4v) is 3.86.